The first-order chi connectivity index (χ1) is 15.0. The Morgan fingerprint density at radius 1 is 1.03 bits per heavy atom. The van der Waals surface area contributed by atoms with Crippen molar-refractivity contribution in [2.45, 2.75) is 52.9 Å². The lowest BCUT2D eigenvalue weighted by molar-refractivity contribution is 0.375. The third kappa shape index (κ3) is 51.0. The van der Waals surface area contributed by atoms with Crippen LogP contribution in [0.4, 0.5) is 0 Å². The highest BCUT2D eigenvalue weighted by Crippen LogP contribution is 2.09. The molecule has 0 aromatic heterocycles. The summed E-state index contributed by atoms with van der Waals surface area (Å²) < 4.78 is 22.6. The summed E-state index contributed by atoms with van der Waals surface area (Å²) in [6, 6.07) is 6.47. The Kier molecular flexibility index (Phi) is 53.7. The van der Waals surface area contributed by atoms with Crippen molar-refractivity contribution in [3.8, 4) is 0 Å². The van der Waals surface area contributed by atoms with Crippen LogP contribution in [0.3, 0.4) is 0 Å². The first kappa shape index (κ1) is 43.7. The number of benzene rings is 1. The van der Waals surface area contributed by atoms with E-state index in [1.165, 1.54) is 35.9 Å². The van der Waals surface area contributed by atoms with Gasteiger partial charge in [0.05, 0.1) is 10.8 Å². The summed E-state index contributed by atoms with van der Waals surface area (Å²) in [6.07, 6.45) is 1.25. The van der Waals surface area contributed by atoms with Gasteiger partial charge in [-0.3, -0.25) is 0 Å². The Balaban J connectivity index is -0.0000000744. The van der Waals surface area contributed by atoms with Crippen LogP contribution >= 0.6 is 11.8 Å². The number of hydrogen-bond donors (Lipinski definition) is 2. The van der Waals surface area contributed by atoms with Gasteiger partial charge in [0.1, 0.15) is 0 Å². The third-order valence-electron chi connectivity index (χ3n) is 1.81. The Bertz CT molecular complexity index is 610. The number of thioether (sulfide) groups is 1. The van der Waals surface area contributed by atoms with Gasteiger partial charge in [-0.15, -0.1) is 44.7 Å². The van der Waals surface area contributed by atoms with E-state index < -0.39 is 10.0 Å². The lowest BCUT2D eigenvalue weighted by atomic mass is 10.2. The van der Waals surface area contributed by atoms with Crippen molar-refractivity contribution in [2.24, 2.45) is 10.1 Å². The highest BCUT2D eigenvalue weighted by Gasteiger charge is 2.10. The van der Waals surface area contributed by atoms with Gasteiger partial charge in [-0.25, -0.2) is 4.83 Å². The van der Waals surface area contributed by atoms with E-state index in [-0.39, 0.29) is 10.8 Å². The first-order valence-corrected chi connectivity index (χ1v) is 12.4. The minimum absolute atomic E-state index is 0.186. The van der Waals surface area contributed by atoms with Gasteiger partial charge in [0.25, 0.3) is 10.0 Å². The number of nitrogens with zero attached hydrogens (tertiary/aromatic N) is 2. The van der Waals surface area contributed by atoms with Crippen LogP contribution in [0.25, 0.3) is 0 Å². The van der Waals surface area contributed by atoms with Crippen molar-refractivity contribution < 1.29 is 13.5 Å². The molecule has 0 fully saturated rings. The molecule has 2 N–H and O–H groups in total. The van der Waals surface area contributed by atoms with Crippen molar-refractivity contribution in [3.05, 3.63) is 68.3 Å². The summed E-state index contributed by atoms with van der Waals surface area (Å²) >= 11 is 1.52. The summed E-state index contributed by atoms with van der Waals surface area (Å²) in [5.74, 6) is 1.27. The fourth-order valence-corrected chi connectivity index (χ4v) is 1.90. The van der Waals surface area contributed by atoms with Crippen molar-refractivity contribution in [1.82, 2.24) is 4.83 Å². The van der Waals surface area contributed by atoms with Gasteiger partial charge in [-0.05, 0) is 45.4 Å². The van der Waals surface area contributed by atoms with Crippen LogP contribution in [-0.4, -0.2) is 45.7 Å². The molecule has 0 bridgehead atoms. The van der Waals surface area contributed by atoms with Crippen LogP contribution in [0.15, 0.2) is 77.7 Å². The molecule has 1 aromatic rings. The largest absolute Gasteiger partial charge is 0.386 e. The molecule has 188 valence electrons. The second-order valence-corrected chi connectivity index (χ2v) is 8.32. The van der Waals surface area contributed by atoms with E-state index in [0.717, 1.165) is 11.3 Å². The standard InChI is InChI=1S/C8H10N2O2S.C4H8.C3H8OS.C3H8.C2H5N.2C2H4/c1-7-3-5-8(6-4-7)13(11,12)10-9-2;1-4(2)3;1-2-5-3-4;2*1-3-2;2*1-2/h3-6,10H,2H2,1H3;1H2,2-3H3;4H,2-3H2,1H3;3H2,1-2H3;1H2,2H3;2*1-2H2. The maximum absolute atomic E-state index is 11.3. The van der Waals surface area contributed by atoms with Crippen molar-refractivity contribution in [3.63, 3.8) is 0 Å². The number of sulfonamides is 1. The highest BCUT2D eigenvalue weighted by atomic mass is 32.2. The average molecular weight is 490 g/mol. The van der Waals surface area contributed by atoms with E-state index in [1.54, 1.807) is 19.2 Å². The molecule has 0 unspecified atom stereocenters. The maximum atomic E-state index is 11.3. The van der Waals surface area contributed by atoms with Crippen molar-refractivity contribution in [2.75, 3.05) is 18.7 Å². The van der Waals surface area contributed by atoms with E-state index in [2.05, 4.69) is 70.3 Å². The van der Waals surface area contributed by atoms with Crippen LogP contribution in [0.2, 0.25) is 0 Å². The van der Waals surface area contributed by atoms with E-state index in [4.69, 9.17) is 5.11 Å². The molecule has 0 atom stereocenters. The molecule has 0 heterocycles. The minimum atomic E-state index is -3.51. The molecular formula is C24H47N3O3S2. The van der Waals surface area contributed by atoms with E-state index in [1.807, 2.05) is 32.5 Å². The number of aliphatic hydroxyl groups excluding tert-OH is 1. The monoisotopic (exact) mass is 489 g/mol. The predicted molar refractivity (Wildman–Crippen MR) is 151 cm³/mol. The van der Waals surface area contributed by atoms with E-state index in [0.29, 0.717) is 0 Å². The van der Waals surface area contributed by atoms with Gasteiger partial charge < -0.3 is 10.1 Å². The molecule has 1 aromatic carbocycles. The minimum Gasteiger partial charge on any atom is -0.386 e. The Hall–Kier alpha value is -2.16. The highest BCUT2D eigenvalue weighted by molar-refractivity contribution is 7.99. The second-order valence-electron chi connectivity index (χ2n) is 5.42. The van der Waals surface area contributed by atoms with Gasteiger partial charge in [0, 0.05) is 13.8 Å². The van der Waals surface area contributed by atoms with Gasteiger partial charge in [-0.1, -0.05) is 50.5 Å². The summed E-state index contributed by atoms with van der Waals surface area (Å²) in [7, 11) is -1.87. The van der Waals surface area contributed by atoms with E-state index >= 15 is 0 Å². The first-order valence-electron chi connectivity index (χ1n) is 9.73. The Morgan fingerprint density at radius 2 is 1.34 bits per heavy atom. The molecule has 32 heavy (non-hydrogen) atoms. The number of hydrazone groups is 1. The van der Waals surface area contributed by atoms with Crippen molar-refractivity contribution >= 4 is 35.2 Å². The second kappa shape index (κ2) is 39.3. The SMILES string of the molecule is C=C.C=C.C=C(C)C.C=NC.C=NNS(=O)(=O)c1ccc(C)cc1.CCC.CCSCO. The summed E-state index contributed by atoms with van der Waals surface area (Å²) in [5.41, 5.74) is 2.17. The number of aliphatic hydroxyl groups is 1. The molecule has 0 saturated carbocycles. The van der Waals surface area contributed by atoms with Gasteiger partial charge in [-0.2, -0.15) is 13.5 Å². The molecule has 6 nitrogen and oxygen atoms in total. The number of allylic oxidation sites excluding steroid dienone is 1. The zero-order chi connectivity index (χ0) is 27.0. The molecule has 8 heteroatoms. The normalized spacial score (nSPS) is 7.75. The number of aryl methyl sites for hydroxylation is 1. The van der Waals surface area contributed by atoms with Crippen LogP contribution in [0, 0.1) is 6.92 Å². The zero-order valence-electron chi connectivity index (χ0n) is 21.4. The molecule has 1 rings (SSSR count). The molecule has 0 aliphatic carbocycles. The van der Waals surface area contributed by atoms with Gasteiger partial charge in [0.2, 0.25) is 0 Å². The maximum Gasteiger partial charge on any atom is 0.276 e. The van der Waals surface area contributed by atoms with Crippen LogP contribution in [-0.2, 0) is 10.0 Å². The molecule has 0 aliphatic rings. The number of hydrogen-bond acceptors (Lipinski definition) is 6. The topological polar surface area (TPSA) is 91.1 Å². The number of nitrogens with one attached hydrogen (secondary N) is 1. The Labute approximate surface area is 203 Å². The third-order valence-corrected chi connectivity index (χ3v) is 3.66. The summed E-state index contributed by atoms with van der Waals surface area (Å²) in [4.78, 5) is 5.38. The van der Waals surface area contributed by atoms with Gasteiger partial charge >= 0.3 is 0 Å². The predicted octanol–water partition coefficient (Wildman–Crippen LogP) is 6.50. The lowest BCUT2D eigenvalue weighted by Crippen LogP contribution is -2.17. The molecule has 0 radical (unpaired) electrons. The molecule has 0 spiro atoms. The fraction of sp³-hybridized carbons (Fsp3) is 0.417. The number of aliphatic imine (C=N–C) groups is 1. The lowest BCUT2D eigenvalue weighted by Gasteiger charge is -2.02. The molecule has 0 aliphatic heterocycles. The van der Waals surface area contributed by atoms with Gasteiger partial charge in [0.15, 0.2) is 0 Å². The quantitative estimate of drug-likeness (QED) is 0.214. The molecular weight excluding hydrogens is 442 g/mol. The Morgan fingerprint density at radius 3 is 1.53 bits per heavy atom. The molecule has 0 saturated heterocycles. The average Bonchev–Trinajstić information content (AvgIpc) is 2.73. The zero-order valence-corrected chi connectivity index (χ0v) is 23.0. The number of rotatable bonds is 5. The molecule has 0 amide bonds. The van der Waals surface area contributed by atoms with Crippen LogP contribution < -0.4 is 4.83 Å². The van der Waals surface area contributed by atoms with Crippen LogP contribution in [0.5, 0.6) is 0 Å². The van der Waals surface area contributed by atoms with Crippen LogP contribution in [0.1, 0.15) is 46.6 Å². The smallest absolute Gasteiger partial charge is 0.276 e. The fourth-order valence-electron chi connectivity index (χ4n) is 0.946. The van der Waals surface area contributed by atoms with E-state index in [9.17, 15) is 8.42 Å². The van der Waals surface area contributed by atoms with Crippen molar-refractivity contribution in [1.29, 1.82) is 0 Å². The summed E-state index contributed by atoms with van der Waals surface area (Å²) in [6.45, 7) is 33.8. The summed E-state index contributed by atoms with van der Waals surface area (Å²) in [5, 5.41) is 11.1.